The Morgan fingerprint density at radius 3 is 2.83 bits per heavy atom. The van der Waals surface area contributed by atoms with Crippen molar-refractivity contribution in [2.24, 2.45) is 5.92 Å². The highest BCUT2D eigenvalue weighted by atomic mass is 32.2. The number of pyridine rings is 1. The standard InChI is InChI=1S/C21H23FN4O2S/c1-16-12-24-21(18-6-3-9-23-13-18)26(16)15-17-5-4-10-25(14-17)29(27,28)20-8-2-7-19(22)11-20/h2-3,6-9,11-13,17H,4-5,10,14-15H2,1H3. The summed E-state index contributed by atoms with van der Waals surface area (Å²) in [6, 6.07) is 9.05. The van der Waals surface area contributed by atoms with E-state index in [1.807, 2.05) is 25.3 Å². The van der Waals surface area contributed by atoms with Gasteiger partial charge in [-0.3, -0.25) is 4.98 Å². The minimum Gasteiger partial charge on any atom is -0.328 e. The van der Waals surface area contributed by atoms with Crippen LogP contribution < -0.4 is 0 Å². The van der Waals surface area contributed by atoms with Crippen molar-refractivity contribution in [3.63, 3.8) is 0 Å². The van der Waals surface area contributed by atoms with Gasteiger partial charge in [0.25, 0.3) is 0 Å². The van der Waals surface area contributed by atoms with Gasteiger partial charge >= 0.3 is 0 Å². The van der Waals surface area contributed by atoms with Gasteiger partial charge in [0.05, 0.1) is 4.90 Å². The molecule has 1 atom stereocenters. The van der Waals surface area contributed by atoms with Gasteiger partial charge in [-0.1, -0.05) is 6.07 Å². The molecule has 0 amide bonds. The lowest BCUT2D eigenvalue weighted by molar-refractivity contribution is 0.245. The molecule has 1 aromatic carbocycles. The van der Waals surface area contributed by atoms with Crippen LogP contribution in [0.25, 0.3) is 11.4 Å². The monoisotopic (exact) mass is 414 g/mol. The van der Waals surface area contributed by atoms with Crippen LogP contribution in [0.5, 0.6) is 0 Å². The van der Waals surface area contributed by atoms with Gasteiger partial charge in [-0.2, -0.15) is 4.31 Å². The second-order valence-corrected chi connectivity index (χ2v) is 9.34. The first-order valence-corrected chi connectivity index (χ1v) is 11.1. The second kappa shape index (κ2) is 8.04. The van der Waals surface area contributed by atoms with E-state index in [4.69, 9.17) is 0 Å². The van der Waals surface area contributed by atoms with Crippen LogP contribution in [0.4, 0.5) is 4.39 Å². The normalized spacial score (nSPS) is 18.1. The maximum absolute atomic E-state index is 13.5. The number of nitrogens with zero attached hydrogens (tertiary/aromatic N) is 4. The van der Waals surface area contributed by atoms with Crippen LogP contribution in [0.2, 0.25) is 0 Å². The Hall–Kier alpha value is -2.58. The zero-order valence-electron chi connectivity index (χ0n) is 16.2. The topological polar surface area (TPSA) is 68.1 Å². The summed E-state index contributed by atoms with van der Waals surface area (Å²) in [5.41, 5.74) is 1.95. The smallest absolute Gasteiger partial charge is 0.243 e. The first-order valence-electron chi connectivity index (χ1n) is 9.63. The van der Waals surface area contributed by atoms with Gasteiger partial charge in [-0.05, 0) is 56.0 Å². The SMILES string of the molecule is Cc1cnc(-c2cccnc2)n1CC1CCCN(S(=O)(=O)c2cccc(F)c2)C1. The molecule has 6 nitrogen and oxygen atoms in total. The fourth-order valence-corrected chi connectivity index (χ4v) is 5.43. The Labute approximate surface area is 170 Å². The summed E-state index contributed by atoms with van der Waals surface area (Å²) in [5, 5.41) is 0. The van der Waals surface area contributed by atoms with E-state index in [1.165, 1.54) is 22.5 Å². The number of rotatable bonds is 5. The van der Waals surface area contributed by atoms with Crippen LogP contribution in [0.15, 0.2) is 59.9 Å². The highest BCUT2D eigenvalue weighted by Crippen LogP contribution is 2.27. The fourth-order valence-electron chi connectivity index (χ4n) is 3.85. The molecule has 152 valence electrons. The van der Waals surface area contributed by atoms with E-state index < -0.39 is 15.8 Å². The summed E-state index contributed by atoms with van der Waals surface area (Å²) in [4.78, 5) is 8.71. The molecule has 1 aliphatic rings. The molecule has 0 radical (unpaired) electrons. The van der Waals surface area contributed by atoms with Crippen molar-refractivity contribution in [3.8, 4) is 11.4 Å². The van der Waals surface area contributed by atoms with Crippen molar-refractivity contribution in [2.75, 3.05) is 13.1 Å². The molecule has 3 aromatic rings. The molecule has 0 bridgehead atoms. The molecule has 1 fully saturated rings. The number of piperidine rings is 1. The van der Waals surface area contributed by atoms with Gasteiger partial charge in [0.15, 0.2) is 0 Å². The average molecular weight is 415 g/mol. The van der Waals surface area contributed by atoms with Crippen molar-refractivity contribution < 1.29 is 12.8 Å². The Morgan fingerprint density at radius 2 is 2.07 bits per heavy atom. The summed E-state index contributed by atoms with van der Waals surface area (Å²) < 4.78 is 43.1. The lowest BCUT2D eigenvalue weighted by atomic mass is 9.99. The van der Waals surface area contributed by atoms with E-state index in [0.717, 1.165) is 36.0 Å². The molecule has 0 N–H and O–H groups in total. The van der Waals surface area contributed by atoms with Gasteiger partial charge < -0.3 is 4.57 Å². The van der Waals surface area contributed by atoms with Crippen molar-refractivity contribution in [1.29, 1.82) is 0 Å². The van der Waals surface area contributed by atoms with E-state index in [9.17, 15) is 12.8 Å². The van der Waals surface area contributed by atoms with Crippen LogP contribution >= 0.6 is 0 Å². The Kier molecular flexibility index (Phi) is 5.47. The molecule has 8 heteroatoms. The molecule has 1 saturated heterocycles. The first-order chi connectivity index (χ1) is 13.9. The zero-order valence-corrected chi connectivity index (χ0v) is 17.0. The van der Waals surface area contributed by atoms with Crippen LogP contribution in [0.3, 0.4) is 0 Å². The van der Waals surface area contributed by atoms with Crippen molar-refractivity contribution in [1.82, 2.24) is 18.8 Å². The average Bonchev–Trinajstić information content (AvgIpc) is 3.09. The van der Waals surface area contributed by atoms with Crippen molar-refractivity contribution >= 4 is 10.0 Å². The number of benzene rings is 1. The minimum absolute atomic E-state index is 0.00742. The number of sulfonamides is 1. The molecule has 0 aliphatic carbocycles. The molecule has 0 saturated carbocycles. The molecule has 2 aromatic heterocycles. The first kappa shape index (κ1) is 19.7. The quantitative estimate of drug-likeness (QED) is 0.641. The lowest BCUT2D eigenvalue weighted by Gasteiger charge is -2.32. The molecule has 1 unspecified atom stereocenters. The van der Waals surface area contributed by atoms with Crippen LogP contribution in [0.1, 0.15) is 18.5 Å². The van der Waals surface area contributed by atoms with E-state index >= 15 is 0 Å². The fraction of sp³-hybridized carbons (Fsp3) is 0.333. The van der Waals surface area contributed by atoms with E-state index in [-0.39, 0.29) is 10.8 Å². The number of hydrogen-bond donors (Lipinski definition) is 0. The summed E-state index contributed by atoms with van der Waals surface area (Å²) in [6.45, 7) is 3.53. The predicted molar refractivity (Wildman–Crippen MR) is 108 cm³/mol. The minimum atomic E-state index is -3.71. The number of halogens is 1. The summed E-state index contributed by atoms with van der Waals surface area (Å²) in [7, 11) is -3.71. The number of aromatic nitrogens is 3. The third-order valence-electron chi connectivity index (χ3n) is 5.33. The highest BCUT2D eigenvalue weighted by Gasteiger charge is 2.31. The third-order valence-corrected chi connectivity index (χ3v) is 7.19. The predicted octanol–water partition coefficient (Wildman–Crippen LogP) is 3.49. The number of hydrogen-bond acceptors (Lipinski definition) is 4. The van der Waals surface area contributed by atoms with Gasteiger partial charge in [0, 0.05) is 49.5 Å². The van der Waals surface area contributed by atoms with E-state index in [1.54, 1.807) is 12.4 Å². The zero-order chi connectivity index (χ0) is 20.4. The molecule has 1 aliphatic heterocycles. The molecule has 0 spiro atoms. The molecule has 4 rings (SSSR count). The number of imidazole rings is 1. The van der Waals surface area contributed by atoms with E-state index in [0.29, 0.717) is 19.6 Å². The summed E-state index contributed by atoms with van der Waals surface area (Å²) in [6.07, 6.45) is 7.03. The lowest BCUT2D eigenvalue weighted by Crippen LogP contribution is -2.41. The summed E-state index contributed by atoms with van der Waals surface area (Å²) in [5.74, 6) is 0.436. The Morgan fingerprint density at radius 1 is 1.21 bits per heavy atom. The van der Waals surface area contributed by atoms with Gasteiger partial charge in [0.1, 0.15) is 11.6 Å². The van der Waals surface area contributed by atoms with Gasteiger partial charge in [-0.15, -0.1) is 0 Å². The maximum atomic E-state index is 13.5. The second-order valence-electron chi connectivity index (χ2n) is 7.40. The van der Waals surface area contributed by atoms with Crippen LogP contribution in [-0.4, -0.2) is 40.3 Å². The van der Waals surface area contributed by atoms with Gasteiger partial charge in [-0.25, -0.2) is 17.8 Å². The molecule has 29 heavy (non-hydrogen) atoms. The third kappa shape index (κ3) is 4.09. The Balaban J connectivity index is 1.55. The van der Waals surface area contributed by atoms with Crippen molar-refractivity contribution in [3.05, 3.63) is 66.5 Å². The van der Waals surface area contributed by atoms with Crippen LogP contribution in [0, 0.1) is 18.7 Å². The summed E-state index contributed by atoms with van der Waals surface area (Å²) >= 11 is 0. The highest BCUT2D eigenvalue weighted by molar-refractivity contribution is 7.89. The Bertz CT molecular complexity index is 1100. The molecule has 3 heterocycles. The maximum Gasteiger partial charge on any atom is 0.243 e. The number of aryl methyl sites for hydroxylation is 1. The van der Waals surface area contributed by atoms with E-state index in [2.05, 4.69) is 14.5 Å². The van der Waals surface area contributed by atoms with Crippen LogP contribution in [-0.2, 0) is 16.6 Å². The molecular weight excluding hydrogens is 391 g/mol. The van der Waals surface area contributed by atoms with Gasteiger partial charge in [0.2, 0.25) is 10.0 Å². The molecular formula is C21H23FN4O2S. The van der Waals surface area contributed by atoms with Crippen molar-refractivity contribution in [2.45, 2.75) is 31.2 Å². The largest absolute Gasteiger partial charge is 0.328 e.